The molecule has 0 aromatic heterocycles. The van der Waals surface area contributed by atoms with E-state index in [9.17, 15) is 15.0 Å². The number of carbonyl (C=O) groups excluding carboxylic acids is 1. The Morgan fingerprint density at radius 3 is 2.05 bits per heavy atom. The van der Waals surface area contributed by atoms with E-state index in [4.69, 9.17) is 4.74 Å². The van der Waals surface area contributed by atoms with Gasteiger partial charge in [0.1, 0.15) is 5.60 Å². The number of hydrogen-bond donors (Lipinski definition) is 2. The first-order valence-electron chi connectivity index (χ1n) is 7.02. The first-order valence-corrected chi connectivity index (χ1v) is 7.02. The third kappa shape index (κ3) is 10.0. The van der Waals surface area contributed by atoms with Gasteiger partial charge in [0, 0.05) is 13.3 Å². The summed E-state index contributed by atoms with van der Waals surface area (Å²) in [6.45, 7) is 11.8. The summed E-state index contributed by atoms with van der Waals surface area (Å²) < 4.78 is 5.19. The summed E-state index contributed by atoms with van der Waals surface area (Å²) in [7, 11) is 0. The van der Waals surface area contributed by atoms with Gasteiger partial charge in [-0.25, -0.2) is 0 Å². The number of aliphatic hydroxyl groups is 2. The summed E-state index contributed by atoms with van der Waals surface area (Å²) in [5.41, 5.74) is -2.70. The summed E-state index contributed by atoms with van der Waals surface area (Å²) in [6.07, 6.45) is 9.19. The van der Waals surface area contributed by atoms with Crippen LogP contribution in [0.3, 0.4) is 0 Å². The van der Waals surface area contributed by atoms with E-state index in [0.29, 0.717) is 12.8 Å². The van der Waals surface area contributed by atoms with Gasteiger partial charge in [-0.2, -0.15) is 0 Å². The largest absolute Gasteiger partial charge is 0.455 e. The third-order valence-electron chi connectivity index (χ3n) is 2.87. The fraction of sp³-hybridized carbons (Fsp3) is 0.588. The van der Waals surface area contributed by atoms with E-state index in [2.05, 4.69) is 6.58 Å². The summed E-state index contributed by atoms with van der Waals surface area (Å²) in [5.74, 6) is -0.370. The molecule has 0 rings (SSSR count). The zero-order valence-electron chi connectivity index (χ0n) is 13.7. The second-order valence-electron chi connectivity index (χ2n) is 6.33. The second-order valence-corrected chi connectivity index (χ2v) is 6.33. The Kier molecular flexibility index (Phi) is 7.07. The molecule has 2 atom stereocenters. The molecule has 0 radical (unpaired) electrons. The molecule has 2 N–H and O–H groups in total. The van der Waals surface area contributed by atoms with Crippen LogP contribution in [0.1, 0.15) is 47.5 Å². The smallest absolute Gasteiger partial charge is 0.303 e. The molecule has 0 saturated heterocycles. The fourth-order valence-corrected chi connectivity index (χ4v) is 1.70. The standard InChI is InChI=1S/C17H28O4/c1-7-17(6,21-14(2)18)13-9-12-16(5,20)11-8-10-15(3,4)19/h7-10,12,19-20H,1,11,13H2,2-6H3/b10-8+,12-9+/t16-,17+/m1/s1. The Morgan fingerprint density at radius 2 is 1.62 bits per heavy atom. The summed E-state index contributed by atoms with van der Waals surface area (Å²) in [4.78, 5) is 11.0. The van der Waals surface area contributed by atoms with Gasteiger partial charge in [0.05, 0.1) is 11.2 Å². The molecule has 4 heteroatoms. The molecule has 0 saturated carbocycles. The molecule has 0 aromatic carbocycles. The first-order chi connectivity index (χ1) is 9.39. The van der Waals surface area contributed by atoms with Crippen LogP contribution in [-0.2, 0) is 9.53 Å². The maximum atomic E-state index is 11.0. The van der Waals surface area contributed by atoms with Gasteiger partial charge in [-0.15, -0.1) is 0 Å². The van der Waals surface area contributed by atoms with Crippen molar-refractivity contribution in [3.63, 3.8) is 0 Å². The van der Waals surface area contributed by atoms with Crippen molar-refractivity contribution in [2.45, 2.75) is 64.3 Å². The molecule has 0 aliphatic carbocycles. The Balaban J connectivity index is 4.60. The lowest BCUT2D eigenvalue weighted by Crippen LogP contribution is -2.28. The van der Waals surface area contributed by atoms with Crippen molar-refractivity contribution in [2.75, 3.05) is 0 Å². The van der Waals surface area contributed by atoms with Crippen LogP contribution in [0.25, 0.3) is 0 Å². The highest BCUT2D eigenvalue weighted by Gasteiger charge is 2.23. The van der Waals surface area contributed by atoms with Crippen LogP contribution in [0, 0.1) is 0 Å². The lowest BCUT2D eigenvalue weighted by Gasteiger charge is -2.24. The Bertz CT molecular complexity index is 413. The van der Waals surface area contributed by atoms with Crippen LogP contribution in [-0.4, -0.2) is 33.0 Å². The lowest BCUT2D eigenvalue weighted by atomic mass is 9.96. The van der Waals surface area contributed by atoms with Crippen LogP contribution >= 0.6 is 0 Å². The average molecular weight is 296 g/mol. The predicted molar refractivity (Wildman–Crippen MR) is 84.8 cm³/mol. The monoisotopic (exact) mass is 296 g/mol. The van der Waals surface area contributed by atoms with E-state index < -0.39 is 16.8 Å². The SMILES string of the molecule is C=C[C@@](C)(C/C=C/[C@](C)(O)C/C=C/C(C)(C)O)OC(C)=O. The van der Waals surface area contributed by atoms with Gasteiger partial charge in [0.15, 0.2) is 0 Å². The molecule has 0 bridgehead atoms. The van der Waals surface area contributed by atoms with Crippen molar-refractivity contribution in [3.05, 3.63) is 37.0 Å². The molecule has 0 aliphatic rings. The average Bonchev–Trinajstić information content (AvgIpc) is 2.25. The quantitative estimate of drug-likeness (QED) is 0.534. The van der Waals surface area contributed by atoms with Crippen LogP contribution in [0.4, 0.5) is 0 Å². The maximum Gasteiger partial charge on any atom is 0.303 e. The molecule has 120 valence electrons. The molecule has 0 heterocycles. The van der Waals surface area contributed by atoms with Crippen molar-refractivity contribution >= 4 is 5.97 Å². The molecule has 0 fully saturated rings. The number of rotatable bonds is 8. The van der Waals surface area contributed by atoms with Crippen molar-refractivity contribution < 1.29 is 19.7 Å². The van der Waals surface area contributed by atoms with Crippen LogP contribution < -0.4 is 0 Å². The molecule has 0 amide bonds. The number of carbonyl (C=O) groups is 1. The first kappa shape index (κ1) is 19.6. The molecular weight excluding hydrogens is 268 g/mol. The molecule has 0 unspecified atom stereocenters. The van der Waals surface area contributed by atoms with Gasteiger partial charge in [-0.05, 0) is 40.2 Å². The topological polar surface area (TPSA) is 66.8 Å². The minimum Gasteiger partial charge on any atom is -0.455 e. The number of ether oxygens (including phenoxy) is 1. The van der Waals surface area contributed by atoms with E-state index in [1.807, 2.05) is 0 Å². The van der Waals surface area contributed by atoms with Gasteiger partial charge in [0.25, 0.3) is 0 Å². The summed E-state index contributed by atoms with van der Waals surface area (Å²) in [6, 6.07) is 0. The number of hydrogen-bond acceptors (Lipinski definition) is 4. The van der Waals surface area contributed by atoms with Crippen molar-refractivity contribution in [1.82, 2.24) is 0 Å². The summed E-state index contributed by atoms with van der Waals surface area (Å²) >= 11 is 0. The second kappa shape index (κ2) is 7.57. The molecule has 0 aliphatic heterocycles. The highest BCUT2D eigenvalue weighted by Crippen LogP contribution is 2.20. The van der Waals surface area contributed by atoms with Crippen LogP contribution in [0.5, 0.6) is 0 Å². The minimum atomic E-state index is -1.03. The van der Waals surface area contributed by atoms with Crippen molar-refractivity contribution in [1.29, 1.82) is 0 Å². The van der Waals surface area contributed by atoms with Crippen molar-refractivity contribution in [3.8, 4) is 0 Å². The molecule has 21 heavy (non-hydrogen) atoms. The van der Waals surface area contributed by atoms with E-state index in [1.54, 1.807) is 58.1 Å². The minimum absolute atomic E-state index is 0.370. The van der Waals surface area contributed by atoms with E-state index in [0.717, 1.165) is 0 Å². The maximum absolute atomic E-state index is 11.0. The summed E-state index contributed by atoms with van der Waals surface area (Å²) in [5, 5.41) is 19.8. The van der Waals surface area contributed by atoms with Crippen molar-refractivity contribution in [2.24, 2.45) is 0 Å². The molecule has 4 nitrogen and oxygen atoms in total. The Morgan fingerprint density at radius 1 is 1.10 bits per heavy atom. The van der Waals surface area contributed by atoms with Gasteiger partial charge in [0.2, 0.25) is 0 Å². The van der Waals surface area contributed by atoms with Gasteiger partial charge >= 0.3 is 5.97 Å². The van der Waals surface area contributed by atoms with Gasteiger partial charge in [-0.3, -0.25) is 4.79 Å². The van der Waals surface area contributed by atoms with Crippen LogP contribution in [0.2, 0.25) is 0 Å². The predicted octanol–water partition coefficient (Wildman–Crippen LogP) is 2.91. The van der Waals surface area contributed by atoms with Crippen LogP contribution in [0.15, 0.2) is 37.0 Å². The number of esters is 1. The fourth-order valence-electron chi connectivity index (χ4n) is 1.70. The van der Waals surface area contributed by atoms with Gasteiger partial charge < -0.3 is 14.9 Å². The zero-order chi connectivity index (χ0) is 16.7. The van der Waals surface area contributed by atoms with E-state index in [1.165, 1.54) is 6.92 Å². The highest BCUT2D eigenvalue weighted by atomic mass is 16.6. The third-order valence-corrected chi connectivity index (χ3v) is 2.87. The van der Waals surface area contributed by atoms with E-state index in [-0.39, 0.29) is 5.97 Å². The molecule has 0 spiro atoms. The highest BCUT2D eigenvalue weighted by molar-refractivity contribution is 5.66. The van der Waals surface area contributed by atoms with Gasteiger partial charge in [-0.1, -0.05) is 30.9 Å². The molecular formula is C17H28O4. The normalized spacial score (nSPS) is 18.4. The zero-order valence-corrected chi connectivity index (χ0v) is 13.7. The van der Waals surface area contributed by atoms with E-state index >= 15 is 0 Å². The Hall–Kier alpha value is -1.39. The molecule has 0 aromatic rings. The lowest BCUT2D eigenvalue weighted by molar-refractivity contribution is -0.150. The Labute approximate surface area is 127 Å².